The number of aliphatic hydroxyl groups is 1. The first kappa shape index (κ1) is 12.2. The molecule has 3 rings (SSSR count). The van der Waals surface area contributed by atoms with Crippen LogP contribution < -0.4 is 5.73 Å². The largest absolute Gasteiger partial charge is 0.398 e. The van der Waals surface area contributed by atoms with Crippen LogP contribution in [0.1, 0.15) is 29.2 Å². The molecule has 0 saturated heterocycles. The van der Waals surface area contributed by atoms with Gasteiger partial charge in [-0.05, 0) is 42.4 Å². The van der Waals surface area contributed by atoms with E-state index < -0.39 is 6.10 Å². The smallest absolute Gasteiger partial charge is 0.0856 e. The van der Waals surface area contributed by atoms with E-state index in [-0.39, 0.29) is 5.92 Å². The molecule has 0 spiro atoms. The zero-order valence-corrected chi connectivity index (χ0v) is 10.8. The molecule has 0 amide bonds. The fourth-order valence-electron chi connectivity index (χ4n) is 2.91. The average Bonchev–Trinajstić information content (AvgIpc) is 2.46. The van der Waals surface area contributed by atoms with Crippen LogP contribution in [0.2, 0.25) is 0 Å². The van der Waals surface area contributed by atoms with Crippen molar-refractivity contribution < 1.29 is 5.11 Å². The molecule has 0 fully saturated rings. The third kappa shape index (κ3) is 2.34. The highest BCUT2D eigenvalue weighted by molar-refractivity contribution is 5.46. The van der Waals surface area contributed by atoms with Crippen molar-refractivity contribution in [2.75, 3.05) is 5.73 Å². The third-order valence-corrected chi connectivity index (χ3v) is 4.04. The summed E-state index contributed by atoms with van der Waals surface area (Å²) < 4.78 is 0. The molecular weight excluding hydrogens is 236 g/mol. The summed E-state index contributed by atoms with van der Waals surface area (Å²) in [5, 5.41) is 10.5. The van der Waals surface area contributed by atoms with Crippen LogP contribution in [-0.4, -0.2) is 10.1 Å². The van der Waals surface area contributed by atoms with Gasteiger partial charge in [0.05, 0.1) is 6.10 Å². The molecular formula is C16H18N2O. The van der Waals surface area contributed by atoms with Crippen LogP contribution in [0.5, 0.6) is 0 Å². The molecule has 1 aromatic heterocycles. The number of nitrogen functional groups attached to an aromatic ring is 1. The molecule has 2 unspecified atom stereocenters. The Kier molecular flexibility index (Phi) is 3.22. The maximum absolute atomic E-state index is 10.5. The number of nitrogens with two attached hydrogens (primary N) is 1. The number of aromatic nitrogens is 1. The van der Waals surface area contributed by atoms with Gasteiger partial charge in [0.1, 0.15) is 0 Å². The van der Waals surface area contributed by atoms with Crippen LogP contribution in [0.3, 0.4) is 0 Å². The molecule has 0 bridgehead atoms. The monoisotopic (exact) mass is 254 g/mol. The third-order valence-electron chi connectivity index (χ3n) is 4.04. The van der Waals surface area contributed by atoms with Gasteiger partial charge in [0.15, 0.2) is 0 Å². The summed E-state index contributed by atoms with van der Waals surface area (Å²) in [7, 11) is 0. The fourth-order valence-corrected chi connectivity index (χ4v) is 2.91. The van der Waals surface area contributed by atoms with E-state index in [1.165, 1.54) is 11.1 Å². The Labute approximate surface area is 113 Å². The molecule has 2 atom stereocenters. The predicted molar refractivity (Wildman–Crippen MR) is 75.6 cm³/mol. The SMILES string of the molecule is Nc1ccncc1C(O)C1CCc2ccccc2C1. The van der Waals surface area contributed by atoms with E-state index in [4.69, 9.17) is 5.73 Å². The molecule has 19 heavy (non-hydrogen) atoms. The molecule has 98 valence electrons. The molecule has 2 aromatic rings. The second-order valence-corrected chi connectivity index (χ2v) is 5.22. The van der Waals surface area contributed by atoms with Gasteiger partial charge >= 0.3 is 0 Å². The lowest BCUT2D eigenvalue weighted by atomic mass is 9.79. The van der Waals surface area contributed by atoms with Crippen LogP contribution >= 0.6 is 0 Å². The molecule has 0 aliphatic heterocycles. The van der Waals surface area contributed by atoms with E-state index in [2.05, 4.69) is 29.2 Å². The number of aryl methyl sites for hydroxylation is 1. The highest BCUT2D eigenvalue weighted by atomic mass is 16.3. The Morgan fingerprint density at radius 3 is 2.79 bits per heavy atom. The number of aliphatic hydroxyl groups excluding tert-OH is 1. The Morgan fingerprint density at radius 2 is 2.00 bits per heavy atom. The Morgan fingerprint density at radius 1 is 1.21 bits per heavy atom. The van der Waals surface area contributed by atoms with Crippen LogP contribution in [0.25, 0.3) is 0 Å². The minimum atomic E-state index is -0.526. The lowest BCUT2D eigenvalue weighted by Crippen LogP contribution is -2.22. The van der Waals surface area contributed by atoms with Gasteiger partial charge in [-0.3, -0.25) is 4.98 Å². The number of pyridine rings is 1. The fraction of sp³-hybridized carbons (Fsp3) is 0.312. The molecule has 1 aliphatic rings. The van der Waals surface area contributed by atoms with Gasteiger partial charge in [0.25, 0.3) is 0 Å². The Hall–Kier alpha value is -1.87. The lowest BCUT2D eigenvalue weighted by Gasteiger charge is -2.29. The minimum absolute atomic E-state index is 0.224. The van der Waals surface area contributed by atoms with Crippen molar-refractivity contribution in [3.63, 3.8) is 0 Å². The Bertz CT molecular complexity index is 582. The lowest BCUT2D eigenvalue weighted by molar-refractivity contribution is 0.0998. The summed E-state index contributed by atoms with van der Waals surface area (Å²) in [6.45, 7) is 0. The first-order valence-corrected chi connectivity index (χ1v) is 6.70. The summed E-state index contributed by atoms with van der Waals surface area (Å²) in [6, 6.07) is 10.2. The number of fused-ring (bicyclic) bond motifs is 1. The van der Waals surface area contributed by atoms with Gasteiger partial charge in [-0.2, -0.15) is 0 Å². The van der Waals surface area contributed by atoms with Gasteiger partial charge in [0.2, 0.25) is 0 Å². The van der Waals surface area contributed by atoms with Crippen molar-refractivity contribution in [1.29, 1.82) is 0 Å². The highest BCUT2D eigenvalue weighted by Gasteiger charge is 2.26. The normalized spacial score (nSPS) is 19.7. The highest BCUT2D eigenvalue weighted by Crippen LogP contribution is 2.35. The maximum atomic E-state index is 10.5. The first-order chi connectivity index (χ1) is 9.25. The molecule has 3 nitrogen and oxygen atoms in total. The summed E-state index contributed by atoms with van der Waals surface area (Å²) in [4.78, 5) is 4.07. The second kappa shape index (κ2) is 5.02. The molecule has 1 aromatic carbocycles. The molecule has 1 heterocycles. The van der Waals surface area contributed by atoms with Crippen molar-refractivity contribution in [2.24, 2.45) is 5.92 Å². The number of hydrogen-bond acceptors (Lipinski definition) is 3. The van der Waals surface area contributed by atoms with E-state index in [0.29, 0.717) is 5.69 Å². The number of nitrogens with zero attached hydrogens (tertiary/aromatic N) is 1. The summed E-state index contributed by atoms with van der Waals surface area (Å²) >= 11 is 0. The standard InChI is InChI=1S/C16H18N2O/c17-15-7-8-18-10-14(15)16(19)13-6-5-11-3-1-2-4-12(11)9-13/h1-4,7-8,10,13,16,19H,5-6,9H2,(H2,17,18). The molecule has 3 heteroatoms. The first-order valence-electron chi connectivity index (χ1n) is 6.70. The zero-order valence-electron chi connectivity index (χ0n) is 10.8. The van der Waals surface area contributed by atoms with Crippen molar-refractivity contribution in [3.8, 4) is 0 Å². The number of benzene rings is 1. The molecule has 0 radical (unpaired) electrons. The summed E-state index contributed by atoms with van der Waals surface area (Å²) in [5.74, 6) is 0.224. The van der Waals surface area contributed by atoms with Crippen LogP contribution in [0.4, 0.5) is 5.69 Å². The second-order valence-electron chi connectivity index (χ2n) is 5.22. The molecule has 3 N–H and O–H groups in total. The number of anilines is 1. The van der Waals surface area contributed by atoms with E-state index in [1.54, 1.807) is 18.5 Å². The number of rotatable bonds is 2. The van der Waals surface area contributed by atoms with Gasteiger partial charge in [-0.1, -0.05) is 24.3 Å². The van der Waals surface area contributed by atoms with Gasteiger partial charge in [-0.25, -0.2) is 0 Å². The van der Waals surface area contributed by atoms with Crippen molar-refractivity contribution in [1.82, 2.24) is 4.98 Å². The summed E-state index contributed by atoms with van der Waals surface area (Å²) in [6.07, 6.45) is 5.74. The topological polar surface area (TPSA) is 59.1 Å². The van der Waals surface area contributed by atoms with Crippen LogP contribution in [0, 0.1) is 5.92 Å². The van der Waals surface area contributed by atoms with Crippen LogP contribution in [0.15, 0.2) is 42.7 Å². The maximum Gasteiger partial charge on any atom is 0.0856 e. The van der Waals surface area contributed by atoms with Crippen LogP contribution in [-0.2, 0) is 12.8 Å². The van der Waals surface area contributed by atoms with Crippen molar-refractivity contribution >= 4 is 5.69 Å². The zero-order chi connectivity index (χ0) is 13.2. The molecule has 0 saturated carbocycles. The summed E-state index contributed by atoms with van der Waals surface area (Å²) in [5.41, 5.74) is 10.1. The van der Waals surface area contributed by atoms with Gasteiger partial charge in [0, 0.05) is 23.6 Å². The van der Waals surface area contributed by atoms with E-state index >= 15 is 0 Å². The quantitative estimate of drug-likeness (QED) is 0.865. The molecule has 1 aliphatic carbocycles. The van der Waals surface area contributed by atoms with E-state index in [0.717, 1.165) is 24.8 Å². The number of hydrogen-bond donors (Lipinski definition) is 2. The van der Waals surface area contributed by atoms with Gasteiger partial charge in [-0.15, -0.1) is 0 Å². The van der Waals surface area contributed by atoms with Crippen molar-refractivity contribution in [3.05, 3.63) is 59.4 Å². The predicted octanol–water partition coefficient (Wildman–Crippen LogP) is 2.50. The average molecular weight is 254 g/mol. The Balaban J connectivity index is 1.83. The van der Waals surface area contributed by atoms with Crippen molar-refractivity contribution in [2.45, 2.75) is 25.4 Å². The van der Waals surface area contributed by atoms with E-state index in [9.17, 15) is 5.11 Å². The van der Waals surface area contributed by atoms with E-state index in [1.807, 2.05) is 0 Å². The minimum Gasteiger partial charge on any atom is -0.398 e. The van der Waals surface area contributed by atoms with Gasteiger partial charge < -0.3 is 10.8 Å².